The molecule has 26 heavy (non-hydrogen) atoms. The van der Waals surface area contributed by atoms with Crippen molar-refractivity contribution in [1.82, 2.24) is 20.5 Å². The van der Waals surface area contributed by atoms with Gasteiger partial charge < -0.3 is 5.32 Å². The van der Waals surface area contributed by atoms with Gasteiger partial charge in [-0.05, 0) is 44.5 Å². The van der Waals surface area contributed by atoms with Crippen molar-refractivity contribution in [3.63, 3.8) is 0 Å². The van der Waals surface area contributed by atoms with Crippen molar-refractivity contribution in [1.29, 1.82) is 0 Å². The lowest BCUT2D eigenvalue weighted by Crippen LogP contribution is -2.52. The van der Waals surface area contributed by atoms with Crippen LogP contribution in [0.3, 0.4) is 0 Å². The molecule has 2 unspecified atom stereocenters. The van der Waals surface area contributed by atoms with Crippen LogP contribution in [-0.2, 0) is 14.8 Å². The van der Waals surface area contributed by atoms with Crippen molar-refractivity contribution in [3.05, 3.63) is 35.9 Å². The summed E-state index contributed by atoms with van der Waals surface area (Å²) < 4.78 is 25.4. The van der Waals surface area contributed by atoms with Gasteiger partial charge in [0.2, 0.25) is 15.9 Å². The first-order valence-corrected chi connectivity index (χ1v) is 10.7. The largest absolute Gasteiger partial charge is 0.355 e. The van der Waals surface area contributed by atoms with E-state index in [4.69, 9.17) is 12.2 Å². The number of benzene rings is 1. The summed E-state index contributed by atoms with van der Waals surface area (Å²) in [5.74, 6) is -0.588. The van der Waals surface area contributed by atoms with Gasteiger partial charge in [0.1, 0.15) is 0 Å². The molecule has 0 aliphatic carbocycles. The van der Waals surface area contributed by atoms with Crippen LogP contribution in [0.2, 0.25) is 0 Å². The lowest BCUT2D eigenvalue weighted by molar-refractivity contribution is -0.126. The molecule has 3 N–H and O–H groups in total. The lowest BCUT2D eigenvalue weighted by atomic mass is 9.99. The molecule has 0 saturated carbocycles. The summed E-state index contributed by atoms with van der Waals surface area (Å²) in [4.78, 5) is 12.3. The van der Waals surface area contributed by atoms with E-state index in [0.29, 0.717) is 24.5 Å². The predicted octanol–water partition coefficient (Wildman–Crippen LogP) is 1.30. The van der Waals surface area contributed by atoms with E-state index in [2.05, 4.69) is 16.2 Å². The van der Waals surface area contributed by atoms with Crippen LogP contribution in [0.4, 0.5) is 0 Å². The number of nitrogens with zero attached hydrogens (tertiary/aromatic N) is 1. The van der Waals surface area contributed by atoms with E-state index in [9.17, 15) is 13.2 Å². The first kappa shape index (κ1) is 20.6. The summed E-state index contributed by atoms with van der Waals surface area (Å²) in [5.41, 5.74) is 6.36. The lowest BCUT2D eigenvalue weighted by Gasteiger charge is -2.31. The van der Waals surface area contributed by atoms with Gasteiger partial charge in [0.15, 0.2) is 5.11 Å². The number of nitrogens with one attached hydrogen (secondary N) is 3. The second-order valence-corrected chi connectivity index (χ2v) is 8.98. The zero-order valence-corrected chi connectivity index (χ0v) is 16.7. The second kappa shape index (κ2) is 9.29. The van der Waals surface area contributed by atoms with Crippen LogP contribution in [0, 0.1) is 5.92 Å². The Labute approximate surface area is 160 Å². The molecule has 0 spiro atoms. The highest BCUT2D eigenvalue weighted by Crippen LogP contribution is 2.19. The van der Waals surface area contributed by atoms with Gasteiger partial charge in [-0.2, -0.15) is 0 Å². The molecule has 1 aromatic carbocycles. The molecule has 144 valence electrons. The molecule has 1 fully saturated rings. The zero-order chi connectivity index (χ0) is 19.2. The number of carbonyl (C=O) groups excluding carboxylic acids is 1. The topological polar surface area (TPSA) is 90.5 Å². The second-order valence-electron chi connectivity index (χ2n) is 6.32. The Morgan fingerprint density at radius 2 is 2.00 bits per heavy atom. The maximum Gasteiger partial charge on any atom is 0.242 e. The predicted molar refractivity (Wildman–Crippen MR) is 106 cm³/mol. The minimum absolute atomic E-state index is 0.00651. The van der Waals surface area contributed by atoms with Crippen molar-refractivity contribution in [3.8, 4) is 0 Å². The number of carbonyl (C=O) groups is 1. The van der Waals surface area contributed by atoms with Gasteiger partial charge in [-0.1, -0.05) is 30.3 Å². The Bertz CT molecular complexity index is 725. The molecule has 1 heterocycles. The highest BCUT2D eigenvalue weighted by molar-refractivity contribution is 7.89. The zero-order valence-electron chi connectivity index (χ0n) is 15.1. The highest BCUT2D eigenvalue weighted by atomic mass is 32.2. The van der Waals surface area contributed by atoms with Crippen LogP contribution in [0.1, 0.15) is 38.3 Å². The van der Waals surface area contributed by atoms with Crippen LogP contribution in [0.25, 0.3) is 0 Å². The Morgan fingerprint density at radius 1 is 1.31 bits per heavy atom. The summed E-state index contributed by atoms with van der Waals surface area (Å²) >= 11 is 5.21. The Morgan fingerprint density at radius 3 is 2.65 bits per heavy atom. The first-order chi connectivity index (χ1) is 12.3. The van der Waals surface area contributed by atoms with Crippen molar-refractivity contribution in [2.75, 3.05) is 18.8 Å². The number of piperidine rings is 1. The van der Waals surface area contributed by atoms with Crippen molar-refractivity contribution in [2.24, 2.45) is 5.92 Å². The van der Waals surface area contributed by atoms with Crippen LogP contribution >= 0.6 is 12.2 Å². The van der Waals surface area contributed by atoms with Gasteiger partial charge in [-0.25, -0.2) is 12.7 Å². The van der Waals surface area contributed by atoms with Crippen LogP contribution < -0.4 is 16.2 Å². The van der Waals surface area contributed by atoms with Crippen molar-refractivity contribution >= 4 is 33.3 Å². The maximum absolute atomic E-state index is 12.3. The van der Waals surface area contributed by atoms with Gasteiger partial charge in [-0.3, -0.25) is 15.6 Å². The van der Waals surface area contributed by atoms with E-state index in [1.54, 1.807) is 6.92 Å². The average Bonchev–Trinajstić information content (AvgIpc) is 2.66. The quantitative estimate of drug-likeness (QED) is 0.512. The first-order valence-electron chi connectivity index (χ1n) is 8.72. The highest BCUT2D eigenvalue weighted by Gasteiger charge is 2.31. The molecular formula is C17H26N4O3S2. The molecule has 7 nitrogen and oxygen atoms in total. The van der Waals surface area contributed by atoms with Gasteiger partial charge in [0.25, 0.3) is 0 Å². The molecule has 0 radical (unpaired) electrons. The number of hydrogen-bond acceptors (Lipinski definition) is 4. The summed E-state index contributed by atoms with van der Waals surface area (Å²) in [6, 6.07) is 9.82. The van der Waals surface area contributed by atoms with E-state index < -0.39 is 10.0 Å². The van der Waals surface area contributed by atoms with Crippen LogP contribution in [0.15, 0.2) is 30.3 Å². The third-order valence-corrected chi connectivity index (χ3v) is 6.53. The Hall–Kier alpha value is -1.71. The number of rotatable bonds is 5. The fourth-order valence-corrected chi connectivity index (χ4v) is 4.28. The average molecular weight is 399 g/mol. The van der Waals surface area contributed by atoms with Gasteiger partial charge in [0, 0.05) is 13.1 Å². The molecular weight excluding hydrogens is 372 g/mol. The molecule has 9 heteroatoms. The van der Waals surface area contributed by atoms with Crippen LogP contribution in [-0.4, -0.2) is 42.6 Å². The third-order valence-electron chi connectivity index (χ3n) is 4.46. The number of hydrazine groups is 1. The summed E-state index contributed by atoms with van der Waals surface area (Å²) in [6.07, 6.45) is 1.33. The van der Waals surface area contributed by atoms with Gasteiger partial charge >= 0.3 is 0 Å². The fourth-order valence-electron chi connectivity index (χ4n) is 2.87. The summed E-state index contributed by atoms with van der Waals surface area (Å²) in [7, 11) is -3.27. The number of sulfonamides is 1. The van der Waals surface area contributed by atoms with E-state index in [-0.39, 0.29) is 30.2 Å². The molecule has 1 aromatic rings. The molecule has 2 atom stereocenters. The monoisotopic (exact) mass is 398 g/mol. The minimum atomic E-state index is -3.27. The fraction of sp³-hybridized carbons (Fsp3) is 0.529. The molecule has 1 saturated heterocycles. The van der Waals surface area contributed by atoms with Crippen LogP contribution in [0.5, 0.6) is 0 Å². The summed E-state index contributed by atoms with van der Waals surface area (Å²) in [6.45, 7) is 4.27. The van der Waals surface area contributed by atoms with Gasteiger partial charge in [0.05, 0.1) is 17.7 Å². The molecule has 1 amide bonds. The smallest absolute Gasteiger partial charge is 0.242 e. The Balaban J connectivity index is 1.81. The molecule has 1 aliphatic heterocycles. The van der Waals surface area contributed by atoms with Gasteiger partial charge in [-0.15, -0.1) is 0 Å². The van der Waals surface area contributed by atoms with E-state index in [1.807, 2.05) is 37.3 Å². The van der Waals surface area contributed by atoms with Crippen molar-refractivity contribution in [2.45, 2.75) is 32.7 Å². The number of thiocarbonyl (C=S) groups is 1. The maximum atomic E-state index is 12.3. The minimum Gasteiger partial charge on any atom is -0.355 e. The molecule has 0 aromatic heterocycles. The molecule has 0 bridgehead atoms. The third kappa shape index (κ3) is 5.65. The molecule has 2 rings (SSSR count). The SMILES string of the molecule is CCS(=O)(=O)N1CCCC(C(=O)NNC(=S)NC(C)c2ccccc2)C1. The van der Waals surface area contributed by atoms with E-state index >= 15 is 0 Å². The number of amides is 1. The Kier molecular flexibility index (Phi) is 7.36. The van der Waals surface area contributed by atoms with E-state index in [1.165, 1.54) is 4.31 Å². The van der Waals surface area contributed by atoms with Crippen molar-refractivity contribution < 1.29 is 13.2 Å². The standard InChI is InChI=1S/C17H26N4O3S2/c1-3-26(23,24)21-11-7-10-15(12-21)16(22)19-20-17(25)18-13(2)14-8-5-4-6-9-14/h4-6,8-9,13,15H,3,7,10-12H2,1-2H3,(H,19,22)(H2,18,20,25). The number of hydrogen-bond donors (Lipinski definition) is 3. The summed E-state index contributed by atoms with van der Waals surface area (Å²) in [5, 5.41) is 3.40. The normalized spacial score (nSPS) is 19.4. The molecule has 1 aliphatic rings. The van der Waals surface area contributed by atoms with E-state index in [0.717, 1.165) is 5.56 Å².